The lowest BCUT2D eigenvalue weighted by Gasteiger charge is -2.33. The van der Waals surface area contributed by atoms with Gasteiger partial charge in [-0.2, -0.15) is 0 Å². The highest BCUT2D eigenvalue weighted by Crippen LogP contribution is 2.20. The highest BCUT2D eigenvalue weighted by molar-refractivity contribution is 5.84. The number of hydrogen-bond donors (Lipinski definition) is 1. The first-order valence-electron chi connectivity index (χ1n) is 7.36. The molecular formula is C17H20N2O2. The van der Waals surface area contributed by atoms with Gasteiger partial charge in [-0.3, -0.25) is 4.79 Å². The maximum atomic E-state index is 12.2. The molecule has 0 saturated carbocycles. The highest BCUT2D eigenvalue weighted by atomic mass is 16.5. The Morgan fingerprint density at radius 1 is 1.29 bits per heavy atom. The molecule has 0 radical (unpaired) electrons. The predicted molar refractivity (Wildman–Crippen MR) is 83.5 cm³/mol. The molecular weight excluding hydrogens is 264 g/mol. The first-order chi connectivity index (χ1) is 10.2. The fourth-order valence-corrected chi connectivity index (χ4v) is 2.70. The van der Waals surface area contributed by atoms with Gasteiger partial charge in [0.25, 0.3) is 5.91 Å². The predicted octanol–water partition coefficient (Wildman–Crippen LogP) is 2.04. The summed E-state index contributed by atoms with van der Waals surface area (Å²) in [6, 6.07) is 14.3. The van der Waals surface area contributed by atoms with Crippen LogP contribution in [0.4, 0.5) is 0 Å². The Kier molecular flexibility index (Phi) is 4.06. The minimum Gasteiger partial charge on any atom is -0.484 e. The minimum absolute atomic E-state index is 0.0529. The second-order valence-corrected chi connectivity index (χ2v) is 5.44. The van der Waals surface area contributed by atoms with Crippen LogP contribution in [0, 0.1) is 0 Å². The van der Waals surface area contributed by atoms with Gasteiger partial charge in [-0.1, -0.05) is 30.3 Å². The number of amides is 1. The first-order valence-corrected chi connectivity index (χ1v) is 7.36. The van der Waals surface area contributed by atoms with Gasteiger partial charge in [0.1, 0.15) is 5.75 Å². The molecule has 1 saturated heterocycles. The molecule has 1 unspecified atom stereocenters. The standard InChI is InChI=1S/C17H20N2O2/c1-13-11-18-8-9-19(13)17(20)12-21-16-7-6-14-4-2-3-5-15(14)10-16/h2-7,10,13,18H,8-9,11-12H2,1H3. The van der Waals surface area contributed by atoms with Gasteiger partial charge in [0.2, 0.25) is 0 Å². The van der Waals surface area contributed by atoms with Crippen molar-refractivity contribution in [3.63, 3.8) is 0 Å². The number of nitrogens with zero attached hydrogens (tertiary/aromatic N) is 1. The Hall–Kier alpha value is -2.07. The molecule has 4 nitrogen and oxygen atoms in total. The Morgan fingerprint density at radius 2 is 2.10 bits per heavy atom. The Labute approximate surface area is 124 Å². The molecule has 2 aromatic carbocycles. The van der Waals surface area contributed by atoms with Gasteiger partial charge in [-0.05, 0) is 29.8 Å². The molecule has 0 spiro atoms. The number of rotatable bonds is 3. The summed E-state index contributed by atoms with van der Waals surface area (Å²) in [5, 5.41) is 5.57. The number of nitrogens with one attached hydrogen (secondary N) is 1. The quantitative estimate of drug-likeness (QED) is 0.938. The van der Waals surface area contributed by atoms with E-state index in [0.29, 0.717) is 0 Å². The van der Waals surface area contributed by atoms with Crippen LogP contribution in [0.1, 0.15) is 6.92 Å². The molecule has 1 N–H and O–H groups in total. The maximum absolute atomic E-state index is 12.2. The molecule has 1 aliphatic heterocycles. The van der Waals surface area contributed by atoms with E-state index in [9.17, 15) is 4.79 Å². The summed E-state index contributed by atoms with van der Waals surface area (Å²) in [5.41, 5.74) is 0. The fraction of sp³-hybridized carbons (Fsp3) is 0.353. The molecule has 1 aliphatic rings. The van der Waals surface area contributed by atoms with Crippen molar-refractivity contribution in [2.45, 2.75) is 13.0 Å². The van der Waals surface area contributed by atoms with Gasteiger partial charge >= 0.3 is 0 Å². The van der Waals surface area contributed by atoms with Crippen molar-refractivity contribution in [2.75, 3.05) is 26.2 Å². The van der Waals surface area contributed by atoms with E-state index in [0.717, 1.165) is 30.8 Å². The lowest BCUT2D eigenvalue weighted by Crippen LogP contribution is -2.53. The molecule has 110 valence electrons. The zero-order valence-electron chi connectivity index (χ0n) is 12.2. The van der Waals surface area contributed by atoms with Crippen molar-refractivity contribution in [2.24, 2.45) is 0 Å². The van der Waals surface area contributed by atoms with Crippen LogP contribution in [0.15, 0.2) is 42.5 Å². The zero-order chi connectivity index (χ0) is 14.7. The third-order valence-electron chi connectivity index (χ3n) is 3.90. The molecule has 1 atom stereocenters. The highest BCUT2D eigenvalue weighted by Gasteiger charge is 2.23. The Bertz CT molecular complexity index is 641. The van der Waals surface area contributed by atoms with Crippen molar-refractivity contribution in [1.29, 1.82) is 0 Å². The number of hydrogen-bond acceptors (Lipinski definition) is 3. The molecule has 1 amide bonds. The Balaban J connectivity index is 1.64. The summed E-state index contributed by atoms with van der Waals surface area (Å²) in [6.07, 6.45) is 0. The van der Waals surface area contributed by atoms with Crippen molar-refractivity contribution >= 4 is 16.7 Å². The zero-order valence-corrected chi connectivity index (χ0v) is 12.2. The van der Waals surface area contributed by atoms with Gasteiger partial charge in [0.05, 0.1) is 0 Å². The average molecular weight is 284 g/mol. The third-order valence-corrected chi connectivity index (χ3v) is 3.90. The van der Waals surface area contributed by atoms with Crippen molar-refractivity contribution in [3.05, 3.63) is 42.5 Å². The molecule has 3 rings (SSSR count). The molecule has 4 heteroatoms. The number of benzene rings is 2. The van der Waals surface area contributed by atoms with Gasteiger partial charge in [0.15, 0.2) is 6.61 Å². The van der Waals surface area contributed by atoms with Gasteiger partial charge < -0.3 is 15.0 Å². The summed E-state index contributed by atoms with van der Waals surface area (Å²) < 4.78 is 5.67. The van der Waals surface area contributed by atoms with Crippen LogP contribution in [-0.2, 0) is 4.79 Å². The SMILES string of the molecule is CC1CNCCN1C(=O)COc1ccc2ccccc2c1. The summed E-state index contributed by atoms with van der Waals surface area (Å²) in [6.45, 7) is 4.61. The molecule has 1 heterocycles. The van der Waals surface area contributed by atoms with E-state index in [4.69, 9.17) is 4.74 Å². The van der Waals surface area contributed by atoms with E-state index in [1.165, 1.54) is 5.39 Å². The number of carbonyl (C=O) groups excluding carboxylic acids is 1. The number of ether oxygens (including phenoxy) is 1. The van der Waals surface area contributed by atoms with Crippen LogP contribution >= 0.6 is 0 Å². The molecule has 0 aromatic heterocycles. The third kappa shape index (κ3) is 3.16. The van der Waals surface area contributed by atoms with Gasteiger partial charge in [0, 0.05) is 25.7 Å². The molecule has 0 aliphatic carbocycles. The topological polar surface area (TPSA) is 41.6 Å². The Morgan fingerprint density at radius 3 is 2.90 bits per heavy atom. The first kappa shape index (κ1) is 13.9. The minimum atomic E-state index is 0.0529. The number of piperazine rings is 1. The van der Waals surface area contributed by atoms with Crippen LogP contribution in [0.25, 0.3) is 10.8 Å². The van der Waals surface area contributed by atoms with Crippen LogP contribution in [0.2, 0.25) is 0 Å². The van der Waals surface area contributed by atoms with Crippen LogP contribution in [0.3, 0.4) is 0 Å². The van der Waals surface area contributed by atoms with E-state index in [1.807, 2.05) is 41.3 Å². The van der Waals surface area contributed by atoms with E-state index in [-0.39, 0.29) is 18.6 Å². The van der Waals surface area contributed by atoms with Crippen molar-refractivity contribution in [3.8, 4) is 5.75 Å². The molecule has 2 aromatic rings. The normalized spacial score (nSPS) is 18.7. The summed E-state index contributed by atoms with van der Waals surface area (Å²) in [4.78, 5) is 14.1. The maximum Gasteiger partial charge on any atom is 0.260 e. The number of carbonyl (C=O) groups is 1. The van der Waals surface area contributed by atoms with E-state index in [2.05, 4.69) is 18.3 Å². The summed E-state index contributed by atoms with van der Waals surface area (Å²) >= 11 is 0. The smallest absolute Gasteiger partial charge is 0.260 e. The fourth-order valence-electron chi connectivity index (χ4n) is 2.70. The second kappa shape index (κ2) is 6.14. The van der Waals surface area contributed by atoms with Crippen LogP contribution in [-0.4, -0.2) is 43.1 Å². The van der Waals surface area contributed by atoms with Crippen LogP contribution in [0.5, 0.6) is 5.75 Å². The molecule has 1 fully saturated rings. The summed E-state index contributed by atoms with van der Waals surface area (Å²) in [7, 11) is 0. The van der Waals surface area contributed by atoms with E-state index >= 15 is 0 Å². The second-order valence-electron chi connectivity index (χ2n) is 5.44. The van der Waals surface area contributed by atoms with E-state index in [1.54, 1.807) is 0 Å². The van der Waals surface area contributed by atoms with Gasteiger partial charge in [-0.15, -0.1) is 0 Å². The van der Waals surface area contributed by atoms with E-state index < -0.39 is 0 Å². The van der Waals surface area contributed by atoms with Crippen LogP contribution < -0.4 is 10.1 Å². The summed E-state index contributed by atoms with van der Waals surface area (Å²) in [5.74, 6) is 0.794. The average Bonchev–Trinajstić information content (AvgIpc) is 2.53. The lowest BCUT2D eigenvalue weighted by molar-refractivity contribution is -0.136. The van der Waals surface area contributed by atoms with Crippen molar-refractivity contribution < 1.29 is 9.53 Å². The largest absolute Gasteiger partial charge is 0.484 e. The molecule has 0 bridgehead atoms. The number of fused-ring (bicyclic) bond motifs is 1. The van der Waals surface area contributed by atoms with Gasteiger partial charge in [-0.25, -0.2) is 0 Å². The molecule has 21 heavy (non-hydrogen) atoms. The monoisotopic (exact) mass is 284 g/mol. The lowest BCUT2D eigenvalue weighted by atomic mass is 10.1. The van der Waals surface area contributed by atoms with Crippen molar-refractivity contribution in [1.82, 2.24) is 10.2 Å².